The van der Waals surface area contributed by atoms with Crippen LogP contribution in [0.1, 0.15) is 16.2 Å². The fourth-order valence-electron chi connectivity index (χ4n) is 0.769. The van der Waals surface area contributed by atoms with Crippen molar-refractivity contribution in [3.63, 3.8) is 0 Å². The van der Waals surface area contributed by atoms with Crippen molar-refractivity contribution in [2.45, 2.75) is 6.92 Å². The third kappa shape index (κ3) is 1.43. The Morgan fingerprint density at radius 3 is 2.50 bits per heavy atom. The Morgan fingerprint density at radius 2 is 2.17 bits per heavy atom. The van der Waals surface area contributed by atoms with Gasteiger partial charge in [-0.1, -0.05) is 11.6 Å². The van der Waals surface area contributed by atoms with E-state index in [0.29, 0.717) is 10.7 Å². The SMILES string of the molecule is Cc1[nH]nc(C(=O)N(C)C)c1Cl. The molecule has 0 aliphatic carbocycles. The smallest absolute Gasteiger partial charge is 0.275 e. The van der Waals surface area contributed by atoms with E-state index in [0.717, 1.165) is 0 Å². The second-order valence-corrected chi connectivity index (χ2v) is 3.09. The molecule has 1 amide bonds. The van der Waals surface area contributed by atoms with Crippen LogP contribution in [0.15, 0.2) is 0 Å². The first-order valence-electron chi connectivity index (χ1n) is 3.46. The predicted octanol–water partition coefficient (Wildman–Crippen LogP) is 1.07. The van der Waals surface area contributed by atoms with Gasteiger partial charge in [0.2, 0.25) is 0 Å². The molecule has 0 aliphatic rings. The molecular weight excluding hydrogens is 178 g/mol. The molecule has 0 bridgehead atoms. The van der Waals surface area contributed by atoms with Crippen LogP contribution >= 0.6 is 11.6 Å². The summed E-state index contributed by atoms with van der Waals surface area (Å²) in [6, 6.07) is 0. The average molecular weight is 188 g/mol. The molecule has 1 rings (SSSR count). The molecule has 0 unspecified atom stereocenters. The summed E-state index contributed by atoms with van der Waals surface area (Å²) in [7, 11) is 3.31. The Balaban J connectivity index is 3.04. The summed E-state index contributed by atoms with van der Waals surface area (Å²) in [5.41, 5.74) is 0.987. The third-order valence-corrected chi connectivity index (χ3v) is 1.94. The van der Waals surface area contributed by atoms with Crippen molar-refractivity contribution in [3.8, 4) is 0 Å². The van der Waals surface area contributed by atoms with Crippen molar-refractivity contribution < 1.29 is 4.79 Å². The summed E-state index contributed by atoms with van der Waals surface area (Å²) in [6.07, 6.45) is 0. The Labute approximate surface area is 75.5 Å². The number of aryl methyl sites for hydroxylation is 1. The standard InChI is InChI=1S/C7H10ClN3O/c1-4-5(8)6(10-9-4)7(12)11(2)3/h1-3H3,(H,9,10). The largest absolute Gasteiger partial charge is 0.343 e. The van der Waals surface area contributed by atoms with Gasteiger partial charge in [0.05, 0.1) is 10.7 Å². The Morgan fingerprint density at radius 1 is 1.58 bits per heavy atom. The summed E-state index contributed by atoms with van der Waals surface area (Å²) >= 11 is 5.81. The van der Waals surface area contributed by atoms with Crippen LogP contribution in [0.3, 0.4) is 0 Å². The number of carbonyl (C=O) groups is 1. The number of H-pyrrole nitrogens is 1. The van der Waals surface area contributed by atoms with Crippen LogP contribution in [0.4, 0.5) is 0 Å². The maximum atomic E-state index is 11.3. The van der Waals surface area contributed by atoms with Crippen LogP contribution in [0.5, 0.6) is 0 Å². The van der Waals surface area contributed by atoms with Crippen LogP contribution in [-0.2, 0) is 0 Å². The van der Waals surface area contributed by atoms with Crippen molar-refractivity contribution in [1.29, 1.82) is 0 Å². The molecule has 0 spiro atoms. The van der Waals surface area contributed by atoms with Crippen LogP contribution in [0.25, 0.3) is 0 Å². The minimum atomic E-state index is -0.190. The van der Waals surface area contributed by atoms with E-state index in [-0.39, 0.29) is 11.6 Å². The van der Waals surface area contributed by atoms with Crippen LogP contribution < -0.4 is 0 Å². The van der Waals surface area contributed by atoms with Gasteiger partial charge in [0, 0.05) is 14.1 Å². The van der Waals surface area contributed by atoms with Gasteiger partial charge < -0.3 is 4.90 Å². The molecule has 0 saturated heterocycles. The third-order valence-electron chi connectivity index (χ3n) is 1.48. The number of hydrogen-bond donors (Lipinski definition) is 1. The van der Waals surface area contributed by atoms with Gasteiger partial charge in [-0.05, 0) is 6.92 Å². The number of nitrogens with zero attached hydrogens (tertiary/aromatic N) is 2. The van der Waals surface area contributed by atoms with Gasteiger partial charge in [0.25, 0.3) is 5.91 Å². The molecule has 1 heterocycles. The second-order valence-electron chi connectivity index (χ2n) is 2.71. The number of halogens is 1. The van der Waals surface area contributed by atoms with Crippen molar-refractivity contribution >= 4 is 17.5 Å². The molecule has 0 radical (unpaired) electrons. The Bertz CT molecular complexity index is 306. The fraction of sp³-hybridized carbons (Fsp3) is 0.429. The topological polar surface area (TPSA) is 49.0 Å². The summed E-state index contributed by atoms with van der Waals surface area (Å²) in [6.45, 7) is 1.77. The molecule has 12 heavy (non-hydrogen) atoms. The number of carbonyl (C=O) groups excluding carboxylic acids is 1. The molecule has 0 saturated carbocycles. The van der Waals surface area contributed by atoms with E-state index in [4.69, 9.17) is 11.6 Å². The van der Waals surface area contributed by atoms with Gasteiger partial charge in [0.15, 0.2) is 5.69 Å². The van der Waals surface area contributed by atoms with Gasteiger partial charge in [0.1, 0.15) is 0 Å². The van der Waals surface area contributed by atoms with E-state index in [1.807, 2.05) is 0 Å². The predicted molar refractivity (Wildman–Crippen MR) is 46.4 cm³/mol. The zero-order valence-electron chi connectivity index (χ0n) is 7.18. The molecule has 66 valence electrons. The van der Waals surface area contributed by atoms with E-state index in [1.165, 1.54) is 4.90 Å². The van der Waals surface area contributed by atoms with Gasteiger partial charge >= 0.3 is 0 Å². The van der Waals surface area contributed by atoms with E-state index in [2.05, 4.69) is 10.2 Å². The van der Waals surface area contributed by atoms with Gasteiger partial charge in [-0.15, -0.1) is 0 Å². The highest BCUT2D eigenvalue weighted by Crippen LogP contribution is 2.17. The lowest BCUT2D eigenvalue weighted by molar-refractivity contribution is 0.0822. The van der Waals surface area contributed by atoms with E-state index >= 15 is 0 Å². The van der Waals surface area contributed by atoms with Crippen molar-refractivity contribution in [1.82, 2.24) is 15.1 Å². The fourth-order valence-corrected chi connectivity index (χ4v) is 0.934. The molecule has 1 aromatic heterocycles. The number of nitrogens with one attached hydrogen (secondary N) is 1. The number of rotatable bonds is 1. The number of amides is 1. The number of aromatic amines is 1. The highest BCUT2D eigenvalue weighted by atomic mass is 35.5. The summed E-state index contributed by atoms with van der Waals surface area (Å²) in [4.78, 5) is 12.8. The number of hydrogen-bond acceptors (Lipinski definition) is 2. The van der Waals surface area contributed by atoms with Crippen molar-refractivity contribution in [2.24, 2.45) is 0 Å². The van der Waals surface area contributed by atoms with Gasteiger partial charge in [-0.2, -0.15) is 5.10 Å². The summed E-state index contributed by atoms with van der Waals surface area (Å²) in [5, 5.41) is 6.83. The van der Waals surface area contributed by atoms with Crippen molar-refractivity contribution in [2.75, 3.05) is 14.1 Å². The zero-order valence-corrected chi connectivity index (χ0v) is 7.94. The molecule has 0 aliphatic heterocycles. The molecule has 1 aromatic rings. The average Bonchev–Trinajstić information content (AvgIpc) is 2.32. The molecule has 5 heteroatoms. The highest BCUT2D eigenvalue weighted by molar-refractivity contribution is 6.34. The van der Waals surface area contributed by atoms with Gasteiger partial charge in [-0.3, -0.25) is 9.89 Å². The maximum absolute atomic E-state index is 11.3. The quantitative estimate of drug-likeness (QED) is 0.715. The molecule has 4 nitrogen and oxygen atoms in total. The molecule has 0 aromatic carbocycles. The minimum absolute atomic E-state index is 0.190. The first-order chi connectivity index (χ1) is 5.54. The molecular formula is C7H10ClN3O. The van der Waals surface area contributed by atoms with E-state index in [9.17, 15) is 4.79 Å². The second kappa shape index (κ2) is 3.15. The molecule has 1 N–H and O–H groups in total. The van der Waals surface area contributed by atoms with E-state index < -0.39 is 0 Å². The summed E-state index contributed by atoms with van der Waals surface area (Å²) in [5.74, 6) is -0.190. The minimum Gasteiger partial charge on any atom is -0.343 e. The summed E-state index contributed by atoms with van der Waals surface area (Å²) < 4.78 is 0. The van der Waals surface area contributed by atoms with Crippen LogP contribution in [0.2, 0.25) is 5.02 Å². The first-order valence-corrected chi connectivity index (χ1v) is 3.84. The maximum Gasteiger partial charge on any atom is 0.275 e. The Kier molecular flexibility index (Phi) is 2.38. The monoisotopic (exact) mass is 187 g/mol. The Hall–Kier alpha value is -1.03. The van der Waals surface area contributed by atoms with Crippen molar-refractivity contribution in [3.05, 3.63) is 16.4 Å². The lowest BCUT2D eigenvalue weighted by Gasteiger charge is -2.06. The zero-order chi connectivity index (χ0) is 9.30. The first kappa shape index (κ1) is 9.06. The van der Waals surface area contributed by atoms with Crippen LogP contribution in [-0.4, -0.2) is 35.1 Å². The normalized spacial score (nSPS) is 10.0. The van der Waals surface area contributed by atoms with Gasteiger partial charge in [-0.25, -0.2) is 0 Å². The van der Waals surface area contributed by atoms with Crippen LogP contribution in [0, 0.1) is 6.92 Å². The number of aromatic nitrogens is 2. The molecule has 0 atom stereocenters. The van der Waals surface area contributed by atoms with E-state index in [1.54, 1.807) is 21.0 Å². The highest BCUT2D eigenvalue weighted by Gasteiger charge is 2.16. The lowest BCUT2D eigenvalue weighted by atomic mass is 10.3. The lowest BCUT2D eigenvalue weighted by Crippen LogP contribution is -2.22. The molecule has 0 fully saturated rings.